The molecule has 21 heavy (non-hydrogen) atoms. The van der Waals surface area contributed by atoms with Crippen LogP contribution in [0.4, 0.5) is 0 Å². The molecule has 0 atom stereocenters. The number of carboxylic acids is 1. The molecule has 114 valence electrons. The quantitative estimate of drug-likeness (QED) is 0.512. The van der Waals surface area contributed by atoms with E-state index in [4.69, 9.17) is 5.11 Å². The Kier molecular flexibility index (Phi) is 7.79. The summed E-state index contributed by atoms with van der Waals surface area (Å²) in [7, 11) is 0. The summed E-state index contributed by atoms with van der Waals surface area (Å²) in [6.45, 7) is 0.526. The number of rotatable bonds is 10. The Morgan fingerprint density at radius 1 is 0.905 bits per heavy atom. The van der Waals surface area contributed by atoms with E-state index in [1.54, 1.807) is 24.3 Å². The molecule has 0 spiro atoms. The van der Waals surface area contributed by atoms with Crippen LogP contribution < -0.4 is 5.32 Å². The predicted molar refractivity (Wildman–Crippen MR) is 79.1 cm³/mol. The molecular weight excluding hydrogens is 270 g/mol. The number of benzene rings is 1. The summed E-state index contributed by atoms with van der Waals surface area (Å²) in [6.07, 6.45) is 2.70. The summed E-state index contributed by atoms with van der Waals surface area (Å²) in [4.78, 5) is 33.7. The molecule has 0 radical (unpaired) electrons. The molecule has 1 rings (SSSR count). The third-order valence-corrected chi connectivity index (χ3v) is 3.06. The van der Waals surface area contributed by atoms with Crippen molar-refractivity contribution in [1.82, 2.24) is 5.32 Å². The van der Waals surface area contributed by atoms with Gasteiger partial charge in [-0.2, -0.15) is 0 Å². The fourth-order valence-corrected chi connectivity index (χ4v) is 1.89. The van der Waals surface area contributed by atoms with Crippen LogP contribution in [0.3, 0.4) is 0 Å². The number of carbonyl (C=O) groups is 3. The highest BCUT2D eigenvalue weighted by Crippen LogP contribution is 2.05. The van der Waals surface area contributed by atoms with Gasteiger partial charge in [-0.05, 0) is 12.8 Å². The fourth-order valence-electron chi connectivity index (χ4n) is 1.89. The monoisotopic (exact) mass is 291 g/mol. The van der Waals surface area contributed by atoms with Crippen molar-refractivity contribution in [3.05, 3.63) is 35.9 Å². The lowest BCUT2D eigenvalue weighted by Gasteiger charge is -2.05. The zero-order valence-corrected chi connectivity index (χ0v) is 12.0. The van der Waals surface area contributed by atoms with Crippen LogP contribution in [0.1, 0.15) is 48.9 Å². The lowest BCUT2D eigenvalue weighted by Crippen LogP contribution is -2.24. The van der Waals surface area contributed by atoms with Crippen LogP contribution in [0.5, 0.6) is 0 Å². The molecule has 0 saturated heterocycles. The Morgan fingerprint density at radius 3 is 2.29 bits per heavy atom. The van der Waals surface area contributed by atoms with E-state index in [1.807, 2.05) is 6.07 Å². The highest BCUT2D eigenvalue weighted by Gasteiger charge is 2.08. The molecule has 0 unspecified atom stereocenters. The molecule has 5 heteroatoms. The highest BCUT2D eigenvalue weighted by molar-refractivity contribution is 5.97. The van der Waals surface area contributed by atoms with Gasteiger partial charge in [0, 0.05) is 31.4 Å². The van der Waals surface area contributed by atoms with Gasteiger partial charge in [-0.25, -0.2) is 0 Å². The average molecular weight is 291 g/mol. The number of amides is 1. The smallest absolute Gasteiger partial charge is 0.303 e. The van der Waals surface area contributed by atoms with Gasteiger partial charge in [0.05, 0.1) is 0 Å². The van der Waals surface area contributed by atoms with Crippen molar-refractivity contribution in [3.8, 4) is 0 Å². The molecule has 0 aliphatic heterocycles. The molecule has 0 aromatic heterocycles. The standard InChI is InChI=1S/C16H21NO4/c18-14(13-7-3-1-4-8-13)10-11-15(19)17-12-6-2-5-9-16(20)21/h1,3-4,7-8H,2,5-6,9-12H2,(H,17,19)(H,20,21). The van der Waals surface area contributed by atoms with Gasteiger partial charge in [-0.1, -0.05) is 36.8 Å². The highest BCUT2D eigenvalue weighted by atomic mass is 16.4. The summed E-state index contributed by atoms with van der Waals surface area (Å²) < 4.78 is 0. The molecule has 1 aromatic rings. The minimum Gasteiger partial charge on any atom is -0.481 e. The van der Waals surface area contributed by atoms with Crippen LogP contribution >= 0.6 is 0 Å². The molecule has 5 nitrogen and oxygen atoms in total. The van der Waals surface area contributed by atoms with Crippen LogP contribution in [-0.2, 0) is 9.59 Å². The van der Waals surface area contributed by atoms with Gasteiger partial charge in [-0.3, -0.25) is 14.4 Å². The van der Waals surface area contributed by atoms with E-state index in [-0.39, 0.29) is 31.0 Å². The first-order valence-electron chi connectivity index (χ1n) is 7.16. The van der Waals surface area contributed by atoms with E-state index in [1.165, 1.54) is 0 Å². The molecule has 0 saturated carbocycles. The van der Waals surface area contributed by atoms with E-state index < -0.39 is 5.97 Å². The second-order valence-electron chi connectivity index (χ2n) is 4.84. The van der Waals surface area contributed by atoms with Gasteiger partial charge >= 0.3 is 5.97 Å². The van der Waals surface area contributed by atoms with E-state index in [9.17, 15) is 14.4 Å². The first kappa shape index (κ1) is 16.9. The second-order valence-corrected chi connectivity index (χ2v) is 4.84. The lowest BCUT2D eigenvalue weighted by molar-refractivity contribution is -0.137. The Bertz CT molecular complexity index is 470. The third-order valence-electron chi connectivity index (χ3n) is 3.06. The zero-order valence-electron chi connectivity index (χ0n) is 12.0. The number of hydrogen-bond donors (Lipinski definition) is 2. The van der Waals surface area contributed by atoms with Gasteiger partial charge < -0.3 is 10.4 Å². The molecule has 0 bridgehead atoms. The summed E-state index contributed by atoms with van der Waals surface area (Å²) in [5, 5.41) is 11.2. The van der Waals surface area contributed by atoms with Crippen molar-refractivity contribution in [1.29, 1.82) is 0 Å². The topological polar surface area (TPSA) is 83.5 Å². The second kappa shape index (κ2) is 9.69. The van der Waals surface area contributed by atoms with Crippen LogP contribution in [0.25, 0.3) is 0 Å². The Labute approximate surface area is 124 Å². The molecule has 1 aromatic carbocycles. The first-order chi connectivity index (χ1) is 10.1. The Hall–Kier alpha value is -2.17. The number of nitrogens with one attached hydrogen (secondary N) is 1. The summed E-state index contributed by atoms with van der Waals surface area (Å²) in [5.41, 5.74) is 0.624. The van der Waals surface area contributed by atoms with Gasteiger partial charge in [0.2, 0.25) is 5.91 Å². The minimum absolute atomic E-state index is 0.0350. The number of carboxylic acid groups (broad SMARTS) is 1. The number of aliphatic carboxylic acids is 1. The van der Waals surface area contributed by atoms with Crippen LogP contribution in [0, 0.1) is 0 Å². The van der Waals surface area contributed by atoms with Crippen LogP contribution in [-0.4, -0.2) is 29.3 Å². The molecule has 2 N–H and O–H groups in total. The lowest BCUT2D eigenvalue weighted by atomic mass is 10.1. The molecule has 1 amide bonds. The largest absolute Gasteiger partial charge is 0.481 e. The Morgan fingerprint density at radius 2 is 1.62 bits per heavy atom. The van der Waals surface area contributed by atoms with Crippen molar-refractivity contribution in [3.63, 3.8) is 0 Å². The predicted octanol–water partition coefficient (Wildman–Crippen LogP) is 2.41. The van der Waals surface area contributed by atoms with E-state index in [2.05, 4.69) is 5.32 Å². The average Bonchev–Trinajstić information content (AvgIpc) is 2.49. The molecule has 0 fully saturated rings. The Balaban J connectivity index is 2.09. The normalized spacial score (nSPS) is 10.1. The SMILES string of the molecule is O=C(O)CCCCCNC(=O)CCC(=O)c1ccccc1. The van der Waals surface area contributed by atoms with E-state index >= 15 is 0 Å². The first-order valence-corrected chi connectivity index (χ1v) is 7.16. The molecule has 0 aliphatic rings. The summed E-state index contributed by atoms with van der Waals surface area (Å²) >= 11 is 0. The van der Waals surface area contributed by atoms with Gasteiger partial charge in [-0.15, -0.1) is 0 Å². The van der Waals surface area contributed by atoms with E-state index in [0.717, 1.165) is 12.8 Å². The summed E-state index contributed by atoms with van der Waals surface area (Å²) in [5.74, 6) is -0.969. The van der Waals surface area contributed by atoms with Crippen LogP contribution in [0.15, 0.2) is 30.3 Å². The van der Waals surface area contributed by atoms with Gasteiger partial charge in [0.25, 0.3) is 0 Å². The van der Waals surface area contributed by atoms with Crippen LogP contribution in [0.2, 0.25) is 0 Å². The number of Topliss-reactive ketones (excluding diaryl/α,β-unsaturated/α-hetero) is 1. The number of unbranched alkanes of at least 4 members (excludes halogenated alkanes) is 2. The molecule has 0 heterocycles. The van der Waals surface area contributed by atoms with Crippen molar-refractivity contribution < 1.29 is 19.5 Å². The molecular formula is C16H21NO4. The fraction of sp³-hybridized carbons (Fsp3) is 0.438. The van der Waals surface area contributed by atoms with Crippen molar-refractivity contribution >= 4 is 17.7 Å². The number of hydrogen-bond acceptors (Lipinski definition) is 3. The van der Waals surface area contributed by atoms with Crippen molar-refractivity contribution in [2.24, 2.45) is 0 Å². The minimum atomic E-state index is -0.793. The zero-order chi connectivity index (χ0) is 15.5. The maximum absolute atomic E-state index is 11.8. The van der Waals surface area contributed by atoms with E-state index in [0.29, 0.717) is 18.5 Å². The molecule has 0 aliphatic carbocycles. The van der Waals surface area contributed by atoms with Crippen molar-refractivity contribution in [2.45, 2.75) is 38.5 Å². The summed E-state index contributed by atoms with van der Waals surface area (Å²) in [6, 6.07) is 8.91. The maximum Gasteiger partial charge on any atom is 0.303 e. The third kappa shape index (κ3) is 7.87. The van der Waals surface area contributed by atoms with Gasteiger partial charge in [0.15, 0.2) is 5.78 Å². The maximum atomic E-state index is 11.8. The van der Waals surface area contributed by atoms with Gasteiger partial charge in [0.1, 0.15) is 0 Å². The van der Waals surface area contributed by atoms with Crippen molar-refractivity contribution in [2.75, 3.05) is 6.54 Å². The number of ketones is 1. The number of carbonyl (C=O) groups excluding carboxylic acids is 2.